The van der Waals surface area contributed by atoms with E-state index in [1.165, 1.54) is 0 Å². The van der Waals surface area contributed by atoms with Gasteiger partial charge in [-0.05, 0) is 26.2 Å². The molecule has 0 amide bonds. The molecule has 5 nitrogen and oxygen atoms in total. The molecule has 1 spiro atoms. The molecule has 25 heavy (non-hydrogen) atoms. The van der Waals surface area contributed by atoms with E-state index >= 15 is 0 Å². The number of hydrogen-bond donors (Lipinski definition) is 1. The minimum Gasteiger partial charge on any atom is -0.439 e. The maximum Gasteiger partial charge on any atom is 0.208 e. The number of oxazole rings is 1. The Bertz CT molecular complexity index is 679. The van der Waals surface area contributed by atoms with Crippen LogP contribution in [0.15, 0.2) is 40.9 Å². The molecular weight excluding hydrogens is 316 g/mol. The molecule has 4 rings (SSSR count). The van der Waals surface area contributed by atoms with E-state index in [0.29, 0.717) is 18.7 Å². The molecule has 1 aromatic heterocycles. The first-order valence-corrected chi connectivity index (χ1v) is 9.24. The van der Waals surface area contributed by atoms with Gasteiger partial charge in [0.15, 0.2) is 5.76 Å². The number of rotatable bonds is 6. The largest absolute Gasteiger partial charge is 0.439 e. The van der Waals surface area contributed by atoms with Crippen molar-refractivity contribution in [1.82, 2.24) is 10.3 Å². The molecule has 2 atom stereocenters. The lowest BCUT2D eigenvalue weighted by Gasteiger charge is -2.57. The summed E-state index contributed by atoms with van der Waals surface area (Å²) in [6, 6.07) is 10.5. The van der Waals surface area contributed by atoms with Crippen molar-refractivity contribution in [3.63, 3.8) is 0 Å². The molecule has 134 valence electrons. The highest BCUT2D eigenvalue weighted by Gasteiger charge is 2.55. The Morgan fingerprint density at radius 3 is 2.80 bits per heavy atom. The Morgan fingerprint density at radius 1 is 1.24 bits per heavy atom. The summed E-state index contributed by atoms with van der Waals surface area (Å²) < 4.78 is 17.5. The van der Waals surface area contributed by atoms with Gasteiger partial charge in [0.05, 0.1) is 18.8 Å². The Morgan fingerprint density at radius 2 is 2.04 bits per heavy atom. The average molecular weight is 342 g/mol. The van der Waals surface area contributed by atoms with Gasteiger partial charge in [0.25, 0.3) is 0 Å². The van der Waals surface area contributed by atoms with Crippen LogP contribution in [0.3, 0.4) is 0 Å². The van der Waals surface area contributed by atoms with E-state index in [2.05, 4.69) is 17.2 Å². The Balaban J connectivity index is 1.39. The van der Waals surface area contributed by atoms with Crippen molar-refractivity contribution in [2.75, 3.05) is 19.8 Å². The summed E-state index contributed by atoms with van der Waals surface area (Å²) in [5.41, 5.74) is 1.27. The van der Waals surface area contributed by atoms with Gasteiger partial charge in [0.1, 0.15) is 0 Å². The average Bonchev–Trinajstić information content (AvgIpc) is 3.14. The van der Waals surface area contributed by atoms with Gasteiger partial charge in [-0.2, -0.15) is 0 Å². The fourth-order valence-electron chi connectivity index (χ4n) is 4.23. The van der Waals surface area contributed by atoms with Crippen LogP contribution in [0.4, 0.5) is 0 Å². The van der Waals surface area contributed by atoms with Gasteiger partial charge in [-0.3, -0.25) is 0 Å². The highest BCUT2D eigenvalue weighted by Crippen LogP contribution is 2.50. The first-order valence-electron chi connectivity index (χ1n) is 9.24. The molecule has 1 saturated carbocycles. The van der Waals surface area contributed by atoms with E-state index in [1.54, 1.807) is 6.20 Å². The monoisotopic (exact) mass is 342 g/mol. The summed E-state index contributed by atoms with van der Waals surface area (Å²) in [5.74, 6) is 1.56. The summed E-state index contributed by atoms with van der Waals surface area (Å²) >= 11 is 0. The smallest absolute Gasteiger partial charge is 0.208 e. The van der Waals surface area contributed by atoms with Gasteiger partial charge in [-0.25, -0.2) is 4.98 Å². The molecule has 0 radical (unpaired) electrons. The topological polar surface area (TPSA) is 56.5 Å². The Labute approximate surface area is 148 Å². The van der Waals surface area contributed by atoms with E-state index in [-0.39, 0.29) is 5.41 Å². The van der Waals surface area contributed by atoms with Gasteiger partial charge in [0.2, 0.25) is 5.89 Å². The molecule has 2 aliphatic rings. The van der Waals surface area contributed by atoms with Crippen LogP contribution in [0.2, 0.25) is 0 Å². The van der Waals surface area contributed by atoms with E-state index in [9.17, 15) is 0 Å². The highest BCUT2D eigenvalue weighted by molar-refractivity contribution is 5.55. The molecule has 1 aromatic carbocycles. The normalized spacial score (nSPS) is 25.0. The van der Waals surface area contributed by atoms with E-state index in [0.717, 1.165) is 56.3 Å². The second-order valence-corrected chi connectivity index (χ2v) is 6.94. The predicted molar refractivity (Wildman–Crippen MR) is 95.1 cm³/mol. The van der Waals surface area contributed by atoms with Crippen LogP contribution in [0.25, 0.3) is 11.3 Å². The highest BCUT2D eigenvalue weighted by atomic mass is 16.5. The molecule has 1 saturated heterocycles. The van der Waals surface area contributed by atoms with Gasteiger partial charge < -0.3 is 19.2 Å². The number of nitrogens with one attached hydrogen (secondary N) is 1. The first kappa shape index (κ1) is 16.8. The molecule has 2 aromatic rings. The summed E-state index contributed by atoms with van der Waals surface area (Å²) in [4.78, 5) is 4.43. The zero-order valence-electron chi connectivity index (χ0n) is 14.7. The summed E-state index contributed by atoms with van der Waals surface area (Å²) in [6.07, 6.45) is 5.34. The molecule has 2 heterocycles. The predicted octanol–water partition coefficient (Wildman–Crippen LogP) is 3.41. The van der Waals surface area contributed by atoms with Crippen molar-refractivity contribution in [2.24, 2.45) is 5.41 Å². The second kappa shape index (κ2) is 7.28. The SMILES string of the molecule is CCO[C@H]1C[C@@H](NCc2ncc(-c3ccccc3)o2)C12CCOCC2. The Kier molecular flexibility index (Phi) is 4.88. The van der Waals surface area contributed by atoms with Gasteiger partial charge in [-0.15, -0.1) is 0 Å². The maximum atomic E-state index is 5.98. The zero-order chi connectivity index (χ0) is 17.1. The molecule has 0 bridgehead atoms. The van der Waals surface area contributed by atoms with Crippen LogP contribution in [0.5, 0.6) is 0 Å². The Hall–Kier alpha value is -1.69. The molecule has 2 fully saturated rings. The van der Waals surface area contributed by atoms with Gasteiger partial charge >= 0.3 is 0 Å². The van der Waals surface area contributed by atoms with Crippen LogP contribution in [0.1, 0.15) is 32.1 Å². The van der Waals surface area contributed by atoms with Crippen molar-refractivity contribution in [1.29, 1.82) is 0 Å². The molecule has 5 heteroatoms. The fraction of sp³-hybridized carbons (Fsp3) is 0.550. The molecule has 1 N–H and O–H groups in total. The third-order valence-corrected chi connectivity index (χ3v) is 5.69. The minimum atomic E-state index is 0.211. The maximum absolute atomic E-state index is 5.98. The number of benzene rings is 1. The van der Waals surface area contributed by atoms with Crippen LogP contribution in [0, 0.1) is 5.41 Å². The number of aromatic nitrogens is 1. The van der Waals surface area contributed by atoms with E-state index in [4.69, 9.17) is 13.9 Å². The van der Waals surface area contributed by atoms with Crippen LogP contribution in [-0.4, -0.2) is 37.0 Å². The van der Waals surface area contributed by atoms with Gasteiger partial charge in [-0.1, -0.05) is 30.3 Å². The fourth-order valence-corrected chi connectivity index (χ4v) is 4.23. The third kappa shape index (κ3) is 3.24. The van der Waals surface area contributed by atoms with Crippen LogP contribution >= 0.6 is 0 Å². The quantitative estimate of drug-likeness (QED) is 0.872. The lowest BCUT2D eigenvalue weighted by Crippen LogP contribution is -2.65. The standard InChI is InChI=1S/C20H26N2O3/c1-2-24-18-12-17(20(18)8-10-23-11-9-20)21-14-19-22-13-16(25-19)15-6-4-3-5-7-15/h3-7,13,17-18,21H,2,8-12,14H2,1H3/t17-,18+/m1/s1. The number of nitrogens with zero attached hydrogens (tertiary/aromatic N) is 1. The summed E-state index contributed by atoms with van der Waals surface area (Å²) in [6.45, 7) is 5.17. The molecular formula is C20H26N2O3. The van der Waals surface area contributed by atoms with Crippen molar-refractivity contribution in [2.45, 2.75) is 44.9 Å². The molecule has 0 unspecified atom stereocenters. The van der Waals surface area contributed by atoms with Crippen molar-refractivity contribution >= 4 is 0 Å². The third-order valence-electron chi connectivity index (χ3n) is 5.69. The van der Waals surface area contributed by atoms with Gasteiger partial charge in [0, 0.05) is 36.8 Å². The summed E-state index contributed by atoms with van der Waals surface area (Å²) in [5, 5.41) is 3.66. The number of ether oxygens (including phenoxy) is 2. The van der Waals surface area contributed by atoms with Crippen LogP contribution < -0.4 is 5.32 Å². The molecule has 1 aliphatic carbocycles. The van der Waals surface area contributed by atoms with Crippen molar-refractivity contribution in [3.8, 4) is 11.3 Å². The van der Waals surface area contributed by atoms with Crippen LogP contribution in [-0.2, 0) is 16.0 Å². The summed E-state index contributed by atoms with van der Waals surface area (Å²) in [7, 11) is 0. The van der Waals surface area contributed by atoms with E-state index in [1.807, 2.05) is 30.3 Å². The second-order valence-electron chi connectivity index (χ2n) is 6.94. The first-order chi connectivity index (χ1) is 12.3. The van der Waals surface area contributed by atoms with E-state index < -0.39 is 0 Å². The lowest BCUT2D eigenvalue weighted by molar-refractivity contribution is -0.173. The lowest BCUT2D eigenvalue weighted by atomic mass is 9.57. The minimum absolute atomic E-state index is 0.211. The number of hydrogen-bond acceptors (Lipinski definition) is 5. The van der Waals surface area contributed by atoms with Crippen molar-refractivity contribution in [3.05, 3.63) is 42.4 Å². The zero-order valence-corrected chi connectivity index (χ0v) is 14.7. The molecule has 1 aliphatic heterocycles. The van der Waals surface area contributed by atoms with Crippen molar-refractivity contribution < 1.29 is 13.9 Å².